The van der Waals surface area contributed by atoms with Gasteiger partial charge in [0.1, 0.15) is 23.5 Å². The van der Waals surface area contributed by atoms with E-state index in [-0.39, 0.29) is 0 Å². The minimum atomic E-state index is -1.43. The van der Waals surface area contributed by atoms with Gasteiger partial charge in [-0.25, -0.2) is 9.78 Å². The molecule has 3 atom stereocenters. The van der Waals surface area contributed by atoms with Crippen LogP contribution in [0.15, 0.2) is 35.2 Å². The highest BCUT2D eigenvalue weighted by Gasteiger charge is 2.49. The van der Waals surface area contributed by atoms with Gasteiger partial charge in [0.05, 0.1) is 24.3 Å². The number of amides is 1. The maximum Gasteiger partial charge on any atom is 0.413 e. The van der Waals surface area contributed by atoms with Crippen molar-refractivity contribution in [3.63, 3.8) is 0 Å². The van der Waals surface area contributed by atoms with E-state index in [1.54, 1.807) is 63.0 Å². The van der Waals surface area contributed by atoms with Gasteiger partial charge < -0.3 is 24.1 Å². The van der Waals surface area contributed by atoms with Crippen molar-refractivity contribution in [1.82, 2.24) is 9.88 Å². The van der Waals surface area contributed by atoms with E-state index in [1.165, 1.54) is 16.2 Å². The molecule has 2 heterocycles. The van der Waals surface area contributed by atoms with Gasteiger partial charge in [0, 0.05) is 10.9 Å². The van der Waals surface area contributed by atoms with Crippen LogP contribution in [0.5, 0.6) is 5.75 Å². The number of aromatic nitrogens is 1. The lowest BCUT2D eigenvalue weighted by Gasteiger charge is -2.31. The molecule has 0 saturated carbocycles. The Kier molecular flexibility index (Phi) is 5.57. The molecule has 2 aromatic rings. The first-order valence-corrected chi connectivity index (χ1v) is 9.55. The summed E-state index contributed by atoms with van der Waals surface area (Å²) in [5.41, 5.74) is 1.78. The summed E-state index contributed by atoms with van der Waals surface area (Å²) in [6, 6.07) is 5.85. The third-order valence-corrected chi connectivity index (χ3v) is 4.71. The maximum atomic E-state index is 13.0. The maximum absolute atomic E-state index is 13.0. The third kappa shape index (κ3) is 4.10. The largest absolute Gasteiger partial charge is 0.547 e. The monoisotopic (exact) mass is 405 g/mol. The lowest BCUT2D eigenvalue weighted by Crippen LogP contribution is -2.43. The van der Waals surface area contributed by atoms with Crippen molar-refractivity contribution in [1.29, 1.82) is 0 Å². The molecule has 0 spiro atoms. The summed E-state index contributed by atoms with van der Waals surface area (Å²) in [4.78, 5) is 30.2. The summed E-state index contributed by atoms with van der Waals surface area (Å²) < 4.78 is 16.4. The predicted molar refractivity (Wildman–Crippen MR) is 98.5 cm³/mol. The van der Waals surface area contributed by atoms with Crippen molar-refractivity contribution in [2.24, 2.45) is 0 Å². The van der Waals surface area contributed by atoms with Gasteiger partial charge in [0.25, 0.3) is 0 Å². The fourth-order valence-corrected chi connectivity index (χ4v) is 3.54. The number of thiazole rings is 1. The summed E-state index contributed by atoms with van der Waals surface area (Å²) in [6.07, 6.45) is -3.06. The lowest BCUT2D eigenvalue weighted by atomic mass is 10.1. The number of ether oxygens (including phenoxy) is 3. The molecule has 0 aliphatic carbocycles. The number of nitrogens with zero attached hydrogens (tertiary/aromatic N) is 2. The predicted octanol–water partition coefficient (Wildman–Crippen LogP) is 2.28. The Bertz CT molecular complexity index is 831. The van der Waals surface area contributed by atoms with Gasteiger partial charge >= 0.3 is 6.09 Å². The number of benzene rings is 1. The molecular formula is C19H21N2O6S-. The zero-order valence-corrected chi connectivity index (χ0v) is 16.8. The minimum absolute atomic E-state index is 0.404. The summed E-state index contributed by atoms with van der Waals surface area (Å²) in [7, 11) is 1.54. The quantitative estimate of drug-likeness (QED) is 0.769. The van der Waals surface area contributed by atoms with Crippen LogP contribution in [-0.2, 0) is 14.3 Å². The molecule has 0 bridgehead atoms. The zero-order valence-electron chi connectivity index (χ0n) is 15.9. The van der Waals surface area contributed by atoms with E-state index in [2.05, 4.69) is 4.98 Å². The molecule has 1 aromatic carbocycles. The lowest BCUT2D eigenvalue weighted by molar-refractivity contribution is -0.316. The Balaban J connectivity index is 2.05. The Labute approximate surface area is 166 Å². The van der Waals surface area contributed by atoms with E-state index in [0.29, 0.717) is 17.0 Å². The highest BCUT2D eigenvalue weighted by molar-refractivity contribution is 7.07. The van der Waals surface area contributed by atoms with Crippen LogP contribution in [-0.4, -0.2) is 40.8 Å². The second kappa shape index (κ2) is 7.76. The van der Waals surface area contributed by atoms with E-state index < -0.39 is 36.0 Å². The number of carboxylic acids is 1. The first-order chi connectivity index (χ1) is 13.2. The van der Waals surface area contributed by atoms with E-state index in [4.69, 9.17) is 14.2 Å². The Morgan fingerprint density at radius 3 is 2.43 bits per heavy atom. The highest BCUT2D eigenvalue weighted by atomic mass is 32.1. The van der Waals surface area contributed by atoms with Gasteiger partial charge in [-0.3, -0.25) is 4.90 Å². The fraction of sp³-hybridized carbons (Fsp3) is 0.421. The summed E-state index contributed by atoms with van der Waals surface area (Å²) in [6.45, 7) is 5.20. The van der Waals surface area contributed by atoms with Gasteiger partial charge in [0.15, 0.2) is 6.23 Å². The fourth-order valence-electron chi connectivity index (χ4n) is 2.95. The molecule has 150 valence electrons. The Hall–Kier alpha value is -2.65. The van der Waals surface area contributed by atoms with Gasteiger partial charge in [0.2, 0.25) is 0 Å². The van der Waals surface area contributed by atoms with Crippen LogP contribution in [0, 0.1) is 0 Å². The normalized spacial score (nSPS) is 22.1. The molecule has 1 saturated heterocycles. The first-order valence-electron chi connectivity index (χ1n) is 8.61. The van der Waals surface area contributed by atoms with E-state index in [1.807, 2.05) is 0 Å². The van der Waals surface area contributed by atoms with Gasteiger partial charge in [-0.05, 0) is 32.9 Å². The van der Waals surface area contributed by atoms with Gasteiger partial charge in [-0.2, -0.15) is 0 Å². The Morgan fingerprint density at radius 2 is 1.93 bits per heavy atom. The van der Waals surface area contributed by atoms with Crippen LogP contribution in [0.3, 0.4) is 0 Å². The molecule has 1 unspecified atom stereocenters. The summed E-state index contributed by atoms with van der Waals surface area (Å²) in [5, 5.41) is 13.5. The van der Waals surface area contributed by atoms with Crippen LogP contribution in [0.25, 0.3) is 0 Å². The average Bonchev–Trinajstić information content (AvgIpc) is 3.27. The van der Waals surface area contributed by atoms with Crippen LogP contribution in [0.4, 0.5) is 4.79 Å². The molecule has 1 amide bonds. The number of methoxy groups -OCH3 is 1. The molecule has 1 aliphatic heterocycles. The van der Waals surface area contributed by atoms with Crippen LogP contribution in [0.1, 0.15) is 44.3 Å². The number of hydrogen-bond acceptors (Lipinski definition) is 8. The van der Waals surface area contributed by atoms with Crippen molar-refractivity contribution in [3.8, 4) is 5.75 Å². The van der Waals surface area contributed by atoms with Crippen LogP contribution < -0.4 is 9.84 Å². The summed E-state index contributed by atoms with van der Waals surface area (Å²) >= 11 is 1.29. The van der Waals surface area contributed by atoms with Gasteiger partial charge in [-0.15, -0.1) is 11.3 Å². The second-order valence-electron chi connectivity index (χ2n) is 7.25. The van der Waals surface area contributed by atoms with Gasteiger partial charge in [-0.1, -0.05) is 12.1 Å². The van der Waals surface area contributed by atoms with Crippen molar-refractivity contribution < 1.29 is 28.9 Å². The topological polar surface area (TPSA) is 101 Å². The SMILES string of the molecule is COc1ccc(C2O[C@@H](C(=O)[O-])[C@H](c3cscn3)N2C(=O)OC(C)(C)C)cc1. The highest BCUT2D eigenvalue weighted by Crippen LogP contribution is 2.43. The third-order valence-electron chi connectivity index (χ3n) is 4.11. The zero-order chi connectivity index (χ0) is 20.5. The minimum Gasteiger partial charge on any atom is -0.547 e. The molecule has 1 fully saturated rings. The summed E-state index contributed by atoms with van der Waals surface area (Å²) in [5.74, 6) is -0.805. The van der Waals surface area contributed by atoms with E-state index >= 15 is 0 Å². The molecule has 1 aliphatic rings. The van der Waals surface area contributed by atoms with Crippen molar-refractivity contribution in [2.45, 2.75) is 44.7 Å². The molecule has 8 nitrogen and oxygen atoms in total. The number of rotatable bonds is 4. The van der Waals surface area contributed by atoms with E-state index in [0.717, 1.165) is 0 Å². The number of carbonyl (C=O) groups excluding carboxylic acids is 2. The van der Waals surface area contributed by atoms with Crippen LogP contribution >= 0.6 is 11.3 Å². The van der Waals surface area contributed by atoms with E-state index in [9.17, 15) is 14.7 Å². The second-order valence-corrected chi connectivity index (χ2v) is 7.97. The number of carbonyl (C=O) groups is 2. The molecule has 9 heteroatoms. The molecular weight excluding hydrogens is 384 g/mol. The number of aliphatic carboxylic acids is 1. The molecule has 0 radical (unpaired) electrons. The first kappa shape index (κ1) is 20.1. The number of hydrogen-bond donors (Lipinski definition) is 0. The molecule has 1 aromatic heterocycles. The average molecular weight is 405 g/mol. The van der Waals surface area contributed by atoms with Crippen molar-refractivity contribution in [2.75, 3.05) is 7.11 Å². The number of carboxylic acid groups (broad SMARTS) is 1. The Morgan fingerprint density at radius 1 is 1.25 bits per heavy atom. The van der Waals surface area contributed by atoms with Crippen LogP contribution in [0.2, 0.25) is 0 Å². The smallest absolute Gasteiger partial charge is 0.413 e. The van der Waals surface area contributed by atoms with Crippen molar-refractivity contribution >= 4 is 23.4 Å². The molecule has 28 heavy (non-hydrogen) atoms. The standard InChI is InChI=1S/C19H22N2O6S/c1-19(2,3)27-18(24)21-14(13-9-28-10-20-13)15(17(22)23)26-16(21)11-5-7-12(25-4)8-6-11/h5-10,14-16H,1-4H3,(H,22,23)/p-1/t14-,15+,16?/m0/s1. The molecule has 0 N–H and O–H groups in total. The molecule has 3 rings (SSSR count). The van der Waals surface area contributed by atoms with Crippen molar-refractivity contribution in [3.05, 3.63) is 46.4 Å².